The Morgan fingerprint density at radius 1 is 0.885 bits per heavy atom. The van der Waals surface area contributed by atoms with Gasteiger partial charge in [0.15, 0.2) is 0 Å². The number of amides is 2. The van der Waals surface area contributed by atoms with Crippen molar-refractivity contribution in [3.63, 3.8) is 0 Å². The van der Waals surface area contributed by atoms with E-state index in [2.05, 4.69) is 23.1 Å². The van der Waals surface area contributed by atoms with E-state index in [4.69, 9.17) is 5.26 Å². The Labute approximate surface area is 152 Å². The first kappa shape index (κ1) is 16.5. The third kappa shape index (κ3) is 3.00. The largest absolute Gasteiger partial charge is 0.297 e. The molecule has 2 saturated heterocycles. The van der Waals surface area contributed by atoms with Gasteiger partial charge in [0.2, 0.25) is 11.8 Å². The second-order valence-corrected chi connectivity index (χ2v) is 6.97. The summed E-state index contributed by atoms with van der Waals surface area (Å²) in [5, 5.41) is 9.01. The molecule has 0 saturated carbocycles. The van der Waals surface area contributed by atoms with Crippen LogP contribution in [0.2, 0.25) is 0 Å². The van der Waals surface area contributed by atoms with Crippen LogP contribution in [0.25, 0.3) is 0 Å². The minimum absolute atomic E-state index is 0.0853. The van der Waals surface area contributed by atoms with Gasteiger partial charge in [-0.2, -0.15) is 5.26 Å². The molecule has 0 N–H and O–H groups in total. The molecule has 26 heavy (non-hydrogen) atoms. The lowest BCUT2D eigenvalue weighted by atomic mass is 10.00. The normalized spacial score (nSPS) is 22.5. The predicted octanol–water partition coefficient (Wildman–Crippen LogP) is 2.18. The number of hydrogen-bond donors (Lipinski definition) is 0. The molecule has 5 nitrogen and oxygen atoms in total. The fourth-order valence-corrected chi connectivity index (χ4v) is 3.94. The Hall–Kier alpha value is -2.97. The van der Waals surface area contributed by atoms with Crippen molar-refractivity contribution in [2.75, 3.05) is 13.1 Å². The van der Waals surface area contributed by atoms with E-state index in [0.29, 0.717) is 18.7 Å². The number of nitrogens with zero attached hydrogens (tertiary/aromatic N) is 3. The van der Waals surface area contributed by atoms with E-state index in [-0.39, 0.29) is 30.2 Å². The lowest BCUT2D eigenvalue weighted by Crippen LogP contribution is -2.35. The van der Waals surface area contributed by atoms with Crippen LogP contribution >= 0.6 is 0 Å². The molecule has 2 aliphatic heterocycles. The third-order valence-corrected chi connectivity index (χ3v) is 5.21. The summed E-state index contributed by atoms with van der Waals surface area (Å²) in [6.07, 6.45) is 0. The van der Waals surface area contributed by atoms with Crippen molar-refractivity contribution in [1.29, 1.82) is 5.26 Å². The number of hydrogen-bond acceptors (Lipinski definition) is 4. The zero-order chi connectivity index (χ0) is 18.1. The molecule has 2 atom stereocenters. The van der Waals surface area contributed by atoms with E-state index >= 15 is 0 Å². The van der Waals surface area contributed by atoms with Crippen LogP contribution in [-0.4, -0.2) is 34.7 Å². The second-order valence-electron chi connectivity index (χ2n) is 6.97. The first-order chi connectivity index (χ1) is 12.7. The quantitative estimate of drug-likeness (QED) is 0.797. The van der Waals surface area contributed by atoms with Gasteiger partial charge in [0.25, 0.3) is 0 Å². The maximum Gasteiger partial charge on any atom is 0.234 e. The number of carbonyl (C=O) groups is 2. The van der Waals surface area contributed by atoms with Gasteiger partial charge in [0, 0.05) is 19.6 Å². The van der Waals surface area contributed by atoms with Crippen molar-refractivity contribution < 1.29 is 9.59 Å². The summed E-state index contributed by atoms with van der Waals surface area (Å²) in [7, 11) is 0. The number of rotatable bonds is 4. The molecule has 0 aliphatic carbocycles. The zero-order valence-corrected chi connectivity index (χ0v) is 14.3. The Balaban J connectivity index is 1.45. The van der Waals surface area contributed by atoms with Crippen LogP contribution in [0.5, 0.6) is 0 Å². The van der Waals surface area contributed by atoms with E-state index in [1.807, 2.05) is 24.3 Å². The molecular weight excluding hydrogens is 326 g/mol. The molecule has 0 radical (unpaired) electrons. The highest BCUT2D eigenvalue weighted by Crippen LogP contribution is 2.35. The van der Waals surface area contributed by atoms with Crippen LogP contribution in [-0.2, 0) is 22.7 Å². The highest BCUT2D eigenvalue weighted by Gasteiger charge is 2.52. The van der Waals surface area contributed by atoms with E-state index < -0.39 is 0 Å². The predicted molar refractivity (Wildman–Crippen MR) is 95.4 cm³/mol. The average molecular weight is 345 g/mol. The van der Waals surface area contributed by atoms with Crippen LogP contribution in [0.1, 0.15) is 16.7 Å². The fourth-order valence-electron chi connectivity index (χ4n) is 3.94. The summed E-state index contributed by atoms with van der Waals surface area (Å²) in [6.45, 7) is 2.26. The Morgan fingerprint density at radius 3 is 2.19 bits per heavy atom. The first-order valence-corrected chi connectivity index (χ1v) is 8.76. The van der Waals surface area contributed by atoms with Gasteiger partial charge >= 0.3 is 0 Å². The van der Waals surface area contributed by atoms with Crippen molar-refractivity contribution in [2.24, 2.45) is 11.8 Å². The summed E-state index contributed by atoms with van der Waals surface area (Å²) in [4.78, 5) is 29.1. The summed E-state index contributed by atoms with van der Waals surface area (Å²) >= 11 is 0. The molecule has 5 heteroatoms. The maximum atomic E-state index is 12.8. The van der Waals surface area contributed by atoms with Crippen molar-refractivity contribution in [1.82, 2.24) is 9.80 Å². The number of fused-ring (bicyclic) bond motifs is 1. The fraction of sp³-hybridized carbons (Fsp3) is 0.286. The minimum atomic E-state index is -0.245. The summed E-state index contributed by atoms with van der Waals surface area (Å²) in [5.74, 6) is -0.661. The topological polar surface area (TPSA) is 64.4 Å². The Kier molecular flexibility index (Phi) is 4.27. The highest BCUT2D eigenvalue weighted by atomic mass is 16.2. The molecule has 0 spiro atoms. The van der Waals surface area contributed by atoms with Crippen LogP contribution in [0.4, 0.5) is 0 Å². The number of imide groups is 1. The van der Waals surface area contributed by atoms with Crippen molar-refractivity contribution >= 4 is 11.8 Å². The molecule has 0 aromatic heterocycles. The lowest BCUT2D eigenvalue weighted by Gasteiger charge is -2.20. The minimum Gasteiger partial charge on any atom is -0.297 e. The third-order valence-electron chi connectivity index (χ3n) is 5.21. The van der Waals surface area contributed by atoms with E-state index in [1.54, 1.807) is 18.2 Å². The Bertz CT molecular complexity index is 864. The molecule has 2 aromatic rings. The van der Waals surface area contributed by atoms with E-state index in [0.717, 1.165) is 12.1 Å². The molecular formula is C21H19N3O2. The van der Waals surface area contributed by atoms with Crippen LogP contribution in [0.3, 0.4) is 0 Å². The van der Waals surface area contributed by atoms with Gasteiger partial charge in [-0.15, -0.1) is 0 Å². The summed E-state index contributed by atoms with van der Waals surface area (Å²) in [6, 6.07) is 19.3. The van der Waals surface area contributed by atoms with Crippen molar-refractivity contribution in [3.8, 4) is 6.07 Å². The second kappa shape index (κ2) is 6.74. The van der Waals surface area contributed by atoms with Crippen LogP contribution in [0.15, 0.2) is 54.6 Å². The molecule has 0 bridgehead atoms. The SMILES string of the molecule is N#Cc1cccc(CN2C(=O)C3CN(Cc4ccccc4)CC3C2=O)c1. The molecule has 2 heterocycles. The van der Waals surface area contributed by atoms with Crippen molar-refractivity contribution in [2.45, 2.75) is 13.1 Å². The lowest BCUT2D eigenvalue weighted by molar-refractivity contribution is -0.141. The van der Waals surface area contributed by atoms with Gasteiger partial charge in [0.1, 0.15) is 0 Å². The van der Waals surface area contributed by atoms with E-state index in [1.165, 1.54) is 10.5 Å². The number of benzene rings is 2. The van der Waals surface area contributed by atoms with Crippen molar-refractivity contribution in [3.05, 3.63) is 71.3 Å². The smallest absolute Gasteiger partial charge is 0.234 e. The Morgan fingerprint density at radius 2 is 1.54 bits per heavy atom. The monoisotopic (exact) mass is 345 g/mol. The average Bonchev–Trinajstić information content (AvgIpc) is 3.17. The number of nitriles is 1. The van der Waals surface area contributed by atoms with Gasteiger partial charge in [-0.05, 0) is 23.3 Å². The zero-order valence-electron chi connectivity index (χ0n) is 14.3. The maximum absolute atomic E-state index is 12.8. The van der Waals surface area contributed by atoms with Gasteiger partial charge in [0.05, 0.1) is 30.0 Å². The molecule has 2 unspecified atom stereocenters. The van der Waals surface area contributed by atoms with E-state index in [9.17, 15) is 9.59 Å². The molecule has 4 rings (SSSR count). The van der Waals surface area contributed by atoms with Gasteiger partial charge in [-0.25, -0.2) is 0 Å². The van der Waals surface area contributed by atoms with Gasteiger partial charge in [-0.1, -0.05) is 42.5 Å². The molecule has 2 fully saturated rings. The molecule has 2 amide bonds. The summed E-state index contributed by atoms with van der Waals surface area (Å²) in [5.41, 5.74) is 2.54. The standard InChI is InChI=1S/C21H19N3O2/c22-10-16-7-4-8-17(9-16)12-24-20(25)18-13-23(14-19(18)21(24)26)11-15-5-2-1-3-6-15/h1-9,18-19H,11-14H2. The summed E-state index contributed by atoms with van der Waals surface area (Å²) < 4.78 is 0. The molecule has 2 aromatic carbocycles. The highest BCUT2D eigenvalue weighted by molar-refractivity contribution is 6.05. The number of carbonyl (C=O) groups excluding carboxylic acids is 2. The van der Waals surface area contributed by atoms with Gasteiger partial charge < -0.3 is 0 Å². The first-order valence-electron chi connectivity index (χ1n) is 8.76. The molecule has 2 aliphatic rings. The van der Waals surface area contributed by atoms with Gasteiger partial charge in [-0.3, -0.25) is 19.4 Å². The molecule has 130 valence electrons. The number of likely N-dealkylation sites (tertiary alicyclic amines) is 2. The van der Waals surface area contributed by atoms with Crippen LogP contribution in [0, 0.1) is 23.2 Å². The van der Waals surface area contributed by atoms with Crippen LogP contribution < -0.4 is 0 Å².